The molecule has 0 aliphatic heterocycles. The van der Waals surface area contributed by atoms with Crippen LogP contribution in [0, 0.1) is 0 Å². The molecule has 0 saturated carbocycles. The van der Waals surface area contributed by atoms with E-state index in [1.54, 1.807) is 0 Å². The molecule has 2 heteroatoms. The highest BCUT2D eigenvalue weighted by atomic mass is 16.5. The SMILES string of the molecule is CCOC(CC)(CC)C(=O)C1=CCCCCCC1. The molecule has 0 aromatic heterocycles. The van der Waals surface area contributed by atoms with E-state index in [1.165, 1.54) is 19.3 Å². The molecular formula is C16H28O2. The molecule has 104 valence electrons. The van der Waals surface area contributed by atoms with Crippen molar-refractivity contribution in [2.45, 2.75) is 77.7 Å². The molecule has 0 atom stereocenters. The van der Waals surface area contributed by atoms with E-state index in [0.29, 0.717) is 6.61 Å². The Labute approximate surface area is 112 Å². The van der Waals surface area contributed by atoms with Crippen LogP contribution in [-0.2, 0) is 9.53 Å². The lowest BCUT2D eigenvalue weighted by atomic mass is 9.84. The molecule has 1 aliphatic carbocycles. The quantitative estimate of drug-likeness (QED) is 0.699. The van der Waals surface area contributed by atoms with Crippen molar-refractivity contribution in [1.82, 2.24) is 0 Å². The zero-order valence-corrected chi connectivity index (χ0v) is 12.3. The lowest BCUT2D eigenvalue weighted by Gasteiger charge is -2.31. The number of carbonyl (C=O) groups is 1. The van der Waals surface area contributed by atoms with Gasteiger partial charge in [-0.05, 0) is 51.0 Å². The summed E-state index contributed by atoms with van der Waals surface area (Å²) in [6.07, 6.45) is 10.6. The maximum absolute atomic E-state index is 12.7. The maximum Gasteiger partial charge on any atom is 0.190 e. The van der Waals surface area contributed by atoms with E-state index in [9.17, 15) is 4.79 Å². The van der Waals surface area contributed by atoms with Crippen LogP contribution in [-0.4, -0.2) is 18.0 Å². The molecule has 0 aromatic rings. The third-order valence-electron chi connectivity index (χ3n) is 4.06. The summed E-state index contributed by atoms with van der Waals surface area (Å²) in [4.78, 5) is 12.7. The van der Waals surface area contributed by atoms with Crippen LogP contribution in [0.25, 0.3) is 0 Å². The van der Waals surface area contributed by atoms with Crippen LogP contribution in [0.5, 0.6) is 0 Å². The van der Waals surface area contributed by atoms with Gasteiger partial charge in [-0.15, -0.1) is 0 Å². The first-order valence-electron chi connectivity index (χ1n) is 7.58. The van der Waals surface area contributed by atoms with Gasteiger partial charge in [-0.2, -0.15) is 0 Å². The number of Topliss-reactive ketones (excluding diaryl/α,β-unsaturated/α-hetero) is 1. The fourth-order valence-corrected chi connectivity index (χ4v) is 2.81. The Morgan fingerprint density at radius 2 is 1.83 bits per heavy atom. The Morgan fingerprint density at radius 1 is 1.17 bits per heavy atom. The van der Waals surface area contributed by atoms with E-state index in [-0.39, 0.29) is 5.78 Å². The number of ether oxygens (including phenoxy) is 1. The first-order valence-corrected chi connectivity index (χ1v) is 7.58. The first kappa shape index (κ1) is 15.4. The monoisotopic (exact) mass is 252 g/mol. The summed E-state index contributed by atoms with van der Waals surface area (Å²) in [5, 5.41) is 0. The van der Waals surface area contributed by atoms with Gasteiger partial charge in [0, 0.05) is 6.61 Å². The zero-order chi connectivity index (χ0) is 13.4. The number of hydrogen-bond acceptors (Lipinski definition) is 2. The van der Waals surface area contributed by atoms with Crippen molar-refractivity contribution < 1.29 is 9.53 Å². The highest BCUT2D eigenvalue weighted by Gasteiger charge is 2.36. The van der Waals surface area contributed by atoms with Crippen molar-refractivity contribution in [2.75, 3.05) is 6.61 Å². The first-order chi connectivity index (χ1) is 8.70. The largest absolute Gasteiger partial charge is 0.367 e. The van der Waals surface area contributed by atoms with E-state index in [4.69, 9.17) is 4.74 Å². The van der Waals surface area contributed by atoms with Gasteiger partial charge < -0.3 is 4.74 Å². The summed E-state index contributed by atoms with van der Waals surface area (Å²) in [7, 11) is 0. The smallest absolute Gasteiger partial charge is 0.190 e. The summed E-state index contributed by atoms with van der Waals surface area (Å²) in [5.41, 5.74) is 0.451. The van der Waals surface area contributed by atoms with Crippen molar-refractivity contribution in [3.8, 4) is 0 Å². The third kappa shape index (κ3) is 3.68. The fraction of sp³-hybridized carbons (Fsp3) is 0.812. The molecule has 0 bridgehead atoms. The number of ketones is 1. The van der Waals surface area contributed by atoms with Crippen molar-refractivity contribution in [3.05, 3.63) is 11.6 Å². The zero-order valence-electron chi connectivity index (χ0n) is 12.3. The van der Waals surface area contributed by atoms with E-state index in [0.717, 1.165) is 37.7 Å². The molecule has 0 unspecified atom stereocenters. The Balaban J connectivity index is 2.86. The second-order valence-corrected chi connectivity index (χ2v) is 5.15. The molecule has 0 aromatic carbocycles. The van der Waals surface area contributed by atoms with Crippen molar-refractivity contribution in [3.63, 3.8) is 0 Å². The van der Waals surface area contributed by atoms with Gasteiger partial charge in [0.05, 0.1) is 0 Å². The van der Waals surface area contributed by atoms with Gasteiger partial charge in [0.15, 0.2) is 5.78 Å². The fourth-order valence-electron chi connectivity index (χ4n) is 2.81. The molecule has 0 radical (unpaired) electrons. The molecule has 1 aliphatic rings. The Kier molecular flexibility index (Phi) is 6.62. The lowest BCUT2D eigenvalue weighted by Crippen LogP contribution is -2.41. The summed E-state index contributed by atoms with van der Waals surface area (Å²) in [6, 6.07) is 0. The minimum absolute atomic E-state index is 0.247. The molecule has 0 saturated heterocycles. The predicted octanol–water partition coefficient (Wildman–Crippen LogP) is 4.43. The van der Waals surface area contributed by atoms with E-state index in [1.807, 2.05) is 6.92 Å². The lowest BCUT2D eigenvalue weighted by molar-refractivity contribution is -0.141. The van der Waals surface area contributed by atoms with Gasteiger partial charge in [-0.1, -0.05) is 32.8 Å². The van der Waals surface area contributed by atoms with Gasteiger partial charge in [0.2, 0.25) is 0 Å². The third-order valence-corrected chi connectivity index (χ3v) is 4.06. The molecule has 0 spiro atoms. The van der Waals surface area contributed by atoms with Crippen LogP contribution < -0.4 is 0 Å². The average molecular weight is 252 g/mol. The second kappa shape index (κ2) is 7.73. The van der Waals surface area contributed by atoms with Crippen LogP contribution in [0.15, 0.2) is 11.6 Å². The van der Waals surface area contributed by atoms with Gasteiger partial charge in [0.1, 0.15) is 5.60 Å². The molecule has 0 amide bonds. The van der Waals surface area contributed by atoms with Crippen LogP contribution in [0.3, 0.4) is 0 Å². The predicted molar refractivity (Wildman–Crippen MR) is 75.7 cm³/mol. The molecule has 1 rings (SSSR count). The summed E-state index contributed by atoms with van der Waals surface area (Å²) < 4.78 is 5.82. The average Bonchev–Trinajstić information content (AvgIpc) is 2.35. The molecule has 2 nitrogen and oxygen atoms in total. The van der Waals surface area contributed by atoms with Crippen LogP contribution >= 0.6 is 0 Å². The standard InChI is InChI=1S/C16H28O2/c1-4-16(5-2,18-6-3)15(17)14-12-10-8-7-9-11-13-14/h12H,4-11,13H2,1-3H3. The van der Waals surface area contributed by atoms with Crippen LogP contribution in [0.1, 0.15) is 72.1 Å². The Bertz CT molecular complexity index is 287. The number of hydrogen-bond donors (Lipinski definition) is 0. The van der Waals surface area contributed by atoms with E-state index < -0.39 is 5.60 Å². The highest BCUT2D eigenvalue weighted by molar-refractivity contribution is 6.01. The van der Waals surface area contributed by atoms with Gasteiger partial charge in [0.25, 0.3) is 0 Å². The number of rotatable bonds is 6. The van der Waals surface area contributed by atoms with Gasteiger partial charge >= 0.3 is 0 Å². The Hall–Kier alpha value is -0.630. The van der Waals surface area contributed by atoms with Crippen molar-refractivity contribution >= 4 is 5.78 Å². The summed E-state index contributed by atoms with van der Waals surface area (Å²) in [6.45, 7) is 6.70. The van der Waals surface area contributed by atoms with Crippen molar-refractivity contribution in [2.24, 2.45) is 0 Å². The Morgan fingerprint density at radius 3 is 2.44 bits per heavy atom. The van der Waals surface area contributed by atoms with E-state index in [2.05, 4.69) is 19.9 Å². The molecule has 0 fully saturated rings. The van der Waals surface area contributed by atoms with E-state index >= 15 is 0 Å². The summed E-state index contributed by atoms with van der Waals surface area (Å²) in [5.74, 6) is 0.247. The molecule has 0 heterocycles. The normalized spacial score (nSPS) is 17.8. The molecular weight excluding hydrogens is 224 g/mol. The molecule has 0 N–H and O–H groups in total. The second-order valence-electron chi connectivity index (χ2n) is 5.15. The van der Waals surface area contributed by atoms with Crippen molar-refractivity contribution in [1.29, 1.82) is 0 Å². The van der Waals surface area contributed by atoms with Crippen LogP contribution in [0.2, 0.25) is 0 Å². The highest BCUT2D eigenvalue weighted by Crippen LogP contribution is 2.29. The summed E-state index contributed by atoms with van der Waals surface area (Å²) >= 11 is 0. The molecule has 18 heavy (non-hydrogen) atoms. The van der Waals surface area contributed by atoms with Gasteiger partial charge in [-0.25, -0.2) is 0 Å². The number of carbonyl (C=O) groups excluding carboxylic acids is 1. The van der Waals surface area contributed by atoms with Gasteiger partial charge in [-0.3, -0.25) is 4.79 Å². The minimum atomic E-state index is -0.570. The minimum Gasteiger partial charge on any atom is -0.367 e. The topological polar surface area (TPSA) is 26.3 Å². The maximum atomic E-state index is 12.7. The van der Waals surface area contributed by atoms with Crippen LogP contribution in [0.4, 0.5) is 0 Å². The number of allylic oxidation sites excluding steroid dienone is 1.